The summed E-state index contributed by atoms with van der Waals surface area (Å²) in [6.45, 7) is 4.08. The maximum absolute atomic E-state index is 5.51. The average Bonchev–Trinajstić information content (AvgIpc) is 2.15. The first-order valence-corrected chi connectivity index (χ1v) is 6.81. The highest BCUT2D eigenvalue weighted by atomic mass is 32.8. The largest absolute Gasteiger partial charge is 0.237 e. The summed E-state index contributed by atoms with van der Waals surface area (Å²) in [5, 5.41) is 1.75. The number of hydroxylamine groups is 1. The van der Waals surface area contributed by atoms with Crippen LogP contribution in [0.1, 0.15) is 13.8 Å². The molecule has 1 atom stereocenters. The van der Waals surface area contributed by atoms with Gasteiger partial charge in [0.15, 0.2) is 5.82 Å². The van der Waals surface area contributed by atoms with Crippen molar-refractivity contribution in [2.75, 3.05) is 11.3 Å². The molecule has 0 aliphatic rings. The molecule has 0 spiro atoms. The predicted octanol–water partition coefficient (Wildman–Crippen LogP) is 1.85. The first-order valence-electron chi connectivity index (χ1n) is 4.33. The van der Waals surface area contributed by atoms with E-state index in [0.29, 0.717) is 0 Å². The van der Waals surface area contributed by atoms with Gasteiger partial charge in [-0.05, 0) is 37.2 Å². The van der Waals surface area contributed by atoms with Crippen LogP contribution in [0.5, 0.6) is 0 Å². The fourth-order valence-corrected chi connectivity index (χ4v) is 1.66. The van der Waals surface area contributed by atoms with E-state index in [9.17, 15) is 0 Å². The predicted molar refractivity (Wildman–Crippen MR) is 63.6 cm³/mol. The molecule has 1 aromatic heterocycles. The molecular formula is C9H14N2OS2. The third-order valence-corrected chi connectivity index (χ3v) is 2.08. The zero-order chi connectivity index (χ0) is 10.6. The summed E-state index contributed by atoms with van der Waals surface area (Å²) >= 11 is 5.01. The molecule has 1 unspecified atom stereocenters. The van der Waals surface area contributed by atoms with Gasteiger partial charge in [-0.15, -0.1) is 0 Å². The fourth-order valence-electron chi connectivity index (χ4n) is 0.986. The minimum atomic E-state index is -0.497. The first-order chi connectivity index (χ1) is 6.61. The molecule has 0 saturated heterocycles. The standard InChI is InChI=1S/C9H14N2OS2/c1-8(2)11(12-14(3)13)9-6-4-5-7-10-9/h4-8H,1-3H3. The van der Waals surface area contributed by atoms with Crippen LogP contribution >= 0.6 is 0 Å². The molecule has 0 aliphatic carbocycles. The minimum Gasteiger partial charge on any atom is -0.237 e. The molecule has 1 aromatic rings. The van der Waals surface area contributed by atoms with Crippen molar-refractivity contribution in [3.05, 3.63) is 24.4 Å². The molecular weight excluding hydrogens is 216 g/mol. The van der Waals surface area contributed by atoms with Crippen molar-refractivity contribution in [2.24, 2.45) is 0 Å². The van der Waals surface area contributed by atoms with E-state index in [-0.39, 0.29) is 6.04 Å². The Hall–Kier alpha value is -0.520. The lowest BCUT2D eigenvalue weighted by molar-refractivity contribution is 0.292. The summed E-state index contributed by atoms with van der Waals surface area (Å²) in [4.78, 5) is 4.21. The second kappa shape index (κ2) is 5.38. The number of hydrogen-bond acceptors (Lipinski definition) is 4. The van der Waals surface area contributed by atoms with Crippen molar-refractivity contribution < 1.29 is 4.28 Å². The number of aromatic nitrogens is 1. The van der Waals surface area contributed by atoms with E-state index in [4.69, 9.17) is 15.5 Å². The van der Waals surface area contributed by atoms with Gasteiger partial charge in [0.1, 0.15) is 0 Å². The first kappa shape index (κ1) is 11.6. The second-order valence-electron chi connectivity index (χ2n) is 3.08. The molecule has 5 heteroatoms. The maximum atomic E-state index is 5.51. The monoisotopic (exact) mass is 230 g/mol. The Morgan fingerprint density at radius 1 is 1.50 bits per heavy atom. The van der Waals surface area contributed by atoms with E-state index < -0.39 is 9.74 Å². The molecule has 0 amide bonds. The molecule has 0 radical (unpaired) electrons. The van der Waals surface area contributed by atoms with E-state index in [1.54, 1.807) is 11.3 Å². The van der Waals surface area contributed by atoms with Crippen LogP contribution < -0.4 is 5.06 Å². The highest BCUT2D eigenvalue weighted by molar-refractivity contribution is 8.25. The van der Waals surface area contributed by atoms with E-state index in [0.717, 1.165) is 5.82 Å². The summed E-state index contributed by atoms with van der Waals surface area (Å²) in [5.41, 5.74) is 0. The van der Waals surface area contributed by atoms with Gasteiger partial charge in [-0.25, -0.2) is 10.0 Å². The molecule has 0 saturated carbocycles. The lowest BCUT2D eigenvalue weighted by Gasteiger charge is -2.25. The van der Waals surface area contributed by atoms with Crippen molar-refractivity contribution in [1.82, 2.24) is 4.98 Å². The summed E-state index contributed by atoms with van der Waals surface area (Å²) in [7, 11) is -0.497. The van der Waals surface area contributed by atoms with Crippen LogP contribution in [0.25, 0.3) is 0 Å². The summed E-state index contributed by atoms with van der Waals surface area (Å²) in [6, 6.07) is 5.93. The minimum absolute atomic E-state index is 0.225. The summed E-state index contributed by atoms with van der Waals surface area (Å²) < 4.78 is 5.51. The van der Waals surface area contributed by atoms with Crippen LogP contribution in [-0.4, -0.2) is 17.3 Å². The van der Waals surface area contributed by atoms with Crippen molar-refractivity contribution in [1.29, 1.82) is 0 Å². The van der Waals surface area contributed by atoms with Gasteiger partial charge in [-0.2, -0.15) is 4.28 Å². The van der Waals surface area contributed by atoms with Crippen molar-refractivity contribution in [3.63, 3.8) is 0 Å². The van der Waals surface area contributed by atoms with Crippen LogP contribution in [0.2, 0.25) is 0 Å². The molecule has 0 N–H and O–H groups in total. The van der Waals surface area contributed by atoms with E-state index in [2.05, 4.69) is 4.98 Å². The highest BCUT2D eigenvalue weighted by Crippen LogP contribution is 2.14. The Kier molecular flexibility index (Phi) is 4.44. The van der Waals surface area contributed by atoms with Crippen molar-refractivity contribution in [2.45, 2.75) is 19.9 Å². The number of rotatable bonds is 4. The summed E-state index contributed by atoms with van der Waals surface area (Å²) in [6.07, 6.45) is 3.60. The number of pyridine rings is 1. The van der Waals surface area contributed by atoms with E-state index in [1.165, 1.54) is 0 Å². The van der Waals surface area contributed by atoms with Gasteiger partial charge < -0.3 is 0 Å². The quantitative estimate of drug-likeness (QED) is 0.737. The molecule has 3 nitrogen and oxygen atoms in total. The Morgan fingerprint density at radius 2 is 2.21 bits per heavy atom. The lowest BCUT2D eigenvalue weighted by atomic mass is 10.3. The number of anilines is 1. The SMILES string of the molecule is CC(C)N(OS(C)=S)c1ccccn1. The number of hydrogen-bond donors (Lipinski definition) is 0. The lowest BCUT2D eigenvalue weighted by Crippen LogP contribution is -2.31. The Morgan fingerprint density at radius 3 is 2.64 bits per heavy atom. The average molecular weight is 230 g/mol. The van der Waals surface area contributed by atoms with Gasteiger partial charge in [0.05, 0.1) is 6.04 Å². The molecule has 0 fully saturated rings. The second-order valence-corrected chi connectivity index (χ2v) is 5.44. The Balaban J connectivity index is 2.83. The zero-order valence-electron chi connectivity index (χ0n) is 8.51. The molecule has 0 aromatic carbocycles. The molecule has 14 heavy (non-hydrogen) atoms. The Bertz CT molecular complexity index is 303. The highest BCUT2D eigenvalue weighted by Gasteiger charge is 2.12. The third kappa shape index (κ3) is 3.32. The van der Waals surface area contributed by atoms with Gasteiger partial charge >= 0.3 is 0 Å². The van der Waals surface area contributed by atoms with Crippen LogP contribution in [0, 0.1) is 0 Å². The number of nitrogens with zero attached hydrogens (tertiary/aromatic N) is 2. The topological polar surface area (TPSA) is 25.4 Å². The third-order valence-electron chi connectivity index (χ3n) is 1.53. The van der Waals surface area contributed by atoms with Gasteiger partial charge in [0, 0.05) is 22.2 Å². The van der Waals surface area contributed by atoms with Crippen LogP contribution in [0.3, 0.4) is 0 Å². The molecule has 1 heterocycles. The maximum Gasteiger partial charge on any atom is 0.153 e. The fraction of sp³-hybridized carbons (Fsp3) is 0.444. The normalized spacial score (nSPS) is 12.9. The zero-order valence-corrected chi connectivity index (χ0v) is 10.1. The molecule has 0 bridgehead atoms. The van der Waals surface area contributed by atoms with E-state index in [1.807, 2.05) is 38.3 Å². The molecule has 78 valence electrons. The molecule has 1 rings (SSSR count). The van der Waals surface area contributed by atoms with Gasteiger partial charge in [-0.1, -0.05) is 6.07 Å². The van der Waals surface area contributed by atoms with Crippen molar-refractivity contribution >= 4 is 26.7 Å². The van der Waals surface area contributed by atoms with Gasteiger partial charge in [0.25, 0.3) is 0 Å². The van der Waals surface area contributed by atoms with Gasteiger partial charge in [0.2, 0.25) is 0 Å². The van der Waals surface area contributed by atoms with Crippen LogP contribution in [-0.2, 0) is 25.2 Å². The van der Waals surface area contributed by atoms with E-state index >= 15 is 0 Å². The van der Waals surface area contributed by atoms with Gasteiger partial charge in [-0.3, -0.25) is 0 Å². The Labute approximate surface area is 91.8 Å². The van der Waals surface area contributed by atoms with Crippen LogP contribution in [0.4, 0.5) is 5.82 Å². The smallest absolute Gasteiger partial charge is 0.153 e. The van der Waals surface area contributed by atoms with Crippen molar-refractivity contribution in [3.8, 4) is 0 Å². The summed E-state index contributed by atoms with van der Waals surface area (Å²) in [5.74, 6) is 0.798. The molecule has 0 aliphatic heterocycles. The van der Waals surface area contributed by atoms with Crippen LogP contribution in [0.15, 0.2) is 24.4 Å².